The van der Waals surface area contributed by atoms with E-state index in [-0.39, 0.29) is 17.6 Å². The summed E-state index contributed by atoms with van der Waals surface area (Å²) in [6, 6.07) is 8.67. The fourth-order valence-corrected chi connectivity index (χ4v) is 3.82. The Morgan fingerprint density at radius 1 is 1.38 bits per heavy atom. The quantitative estimate of drug-likeness (QED) is 0.847. The summed E-state index contributed by atoms with van der Waals surface area (Å²) >= 11 is 0. The Morgan fingerprint density at radius 3 is 2.62 bits per heavy atom. The highest BCUT2D eigenvalue weighted by Gasteiger charge is 2.25. The number of piperidine rings is 1. The van der Waals surface area contributed by atoms with Crippen molar-refractivity contribution >= 4 is 15.7 Å². The largest absolute Gasteiger partial charge is 0.339 e. The van der Waals surface area contributed by atoms with E-state index in [2.05, 4.69) is 0 Å². The first kappa shape index (κ1) is 15.5. The summed E-state index contributed by atoms with van der Waals surface area (Å²) in [6.07, 6.45) is 2.66. The molecular formula is C15H18N2O3S. The highest BCUT2D eigenvalue weighted by molar-refractivity contribution is 7.90. The Kier molecular flexibility index (Phi) is 4.63. The van der Waals surface area contributed by atoms with Crippen LogP contribution in [-0.4, -0.2) is 44.3 Å². The number of amides is 1. The molecular weight excluding hydrogens is 288 g/mol. The minimum atomic E-state index is -2.96. The van der Waals surface area contributed by atoms with E-state index in [1.165, 1.54) is 6.26 Å². The lowest BCUT2D eigenvalue weighted by Crippen LogP contribution is -2.39. The Morgan fingerprint density at radius 2 is 2.05 bits per heavy atom. The van der Waals surface area contributed by atoms with Crippen molar-refractivity contribution in [2.75, 3.05) is 25.1 Å². The number of carbonyl (C=O) groups is 1. The summed E-state index contributed by atoms with van der Waals surface area (Å²) in [5.74, 6) is 0.235. The van der Waals surface area contributed by atoms with E-state index < -0.39 is 9.84 Å². The zero-order valence-corrected chi connectivity index (χ0v) is 12.8. The number of likely N-dealkylation sites (tertiary alicyclic amines) is 1. The minimum absolute atomic E-state index is 0.0927. The number of sulfone groups is 1. The van der Waals surface area contributed by atoms with Gasteiger partial charge in [0.25, 0.3) is 5.91 Å². The molecule has 5 nitrogen and oxygen atoms in total. The van der Waals surface area contributed by atoms with Crippen LogP contribution in [0.1, 0.15) is 28.8 Å². The van der Waals surface area contributed by atoms with Crippen LogP contribution in [0.5, 0.6) is 0 Å². The molecule has 0 N–H and O–H groups in total. The molecule has 0 radical (unpaired) electrons. The van der Waals surface area contributed by atoms with Crippen molar-refractivity contribution in [3.8, 4) is 6.07 Å². The van der Waals surface area contributed by atoms with Crippen LogP contribution in [0, 0.1) is 17.2 Å². The average Bonchev–Trinajstić information content (AvgIpc) is 2.46. The van der Waals surface area contributed by atoms with Crippen molar-refractivity contribution in [1.82, 2.24) is 4.90 Å². The third-order valence-electron chi connectivity index (χ3n) is 3.68. The summed E-state index contributed by atoms with van der Waals surface area (Å²) in [5.41, 5.74) is 0.975. The molecule has 0 saturated carbocycles. The first-order chi connectivity index (χ1) is 9.89. The predicted octanol–water partition coefficient (Wildman–Crippen LogP) is 1.46. The van der Waals surface area contributed by atoms with Crippen molar-refractivity contribution in [1.29, 1.82) is 5.26 Å². The fraction of sp³-hybridized carbons (Fsp3) is 0.467. The van der Waals surface area contributed by atoms with Gasteiger partial charge in [0.2, 0.25) is 0 Å². The standard InChI is InChI=1S/C15H18N2O3S/c1-21(19,20)11-12-5-7-17(8-6-12)15(18)14-4-2-3-13(9-14)10-16/h2-4,9,12H,5-8,11H2,1H3. The molecule has 0 spiro atoms. The van der Waals surface area contributed by atoms with E-state index in [0.29, 0.717) is 37.1 Å². The van der Waals surface area contributed by atoms with E-state index in [4.69, 9.17) is 5.26 Å². The second-order valence-corrected chi connectivity index (χ2v) is 7.71. The summed E-state index contributed by atoms with van der Waals surface area (Å²) < 4.78 is 22.6. The van der Waals surface area contributed by atoms with Crippen LogP contribution in [0.3, 0.4) is 0 Å². The summed E-state index contributed by atoms with van der Waals surface area (Å²) in [4.78, 5) is 14.1. The molecule has 1 aliphatic rings. The van der Waals surface area contributed by atoms with Gasteiger partial charge in [-0.2, -0.15) is 5.26 Å². The van der Waals surface area contributed by atoms with Gasteiger partial charge in [-0.15, -0.1) is 0 Å². The lowest BCUT2D eigenvalue weighted by molar-refractivity contribution is 0.0698. The summed E-state index contributed by atoms with van der Waals surface area (Å²) in [6.45, 7) is 1.13. The first-order valence-corrected chi connectivity index (χ1v) is 8.92. The van der Waals surface area contributed by atoms with Gasteiger partial charge in [0.15, 0.2) is 0 Å². The van der Waals surface area contributed by atoms with Crippen LogP contribution in [0.2, 0.25) is 0 Å². The van der Waals surface area contributed by atoms with Crippen molar-refractivity contribution < 1.29 is 13.2 Å². The van der Waals surface area contributed by atoms with Crippen molar-refractivity contribution in [2.45, 2.75) is 12.8 Å². The monoisotopic (exact) mass is 306 g/mol. The topological polar surface area (TPSA) is 78.2 Å². The zero-order chi connectivity index (χ0) is 15.5. The predicted molar refractivity (Wildman–Crippen MR) is 79.5 cm³/mol. The van der Waals surface area contributed by atoms with Crippen LogP contribution in [0.25, 0.3) is 0 Å². The number of nitrogens with zero attached hydrogens (tertiary/aromatic N) is 2. The smallest absolute Gasteiger partial charge is 0.253 e. The Balaban J connectivity index is 1.99. The van der Waals surface area contributed by atoms with Gasteiger partial charge < -0.3 is 4.90 Å². The van der Waals surface area contributed by atoms with Gasteiger partial charge in [-0.25, -0.2) is 8.42 Å². The fourth-order valence-electron chi connectivity index (χ4n) is 2.64. The molecule has 1 aromatic carbocycles. The molecule has 21 heavy (non-hydrogen) atoms. The Labute approximate surface area is 125 Å². The third-order valence-corrected chi connectivity index (χ3v) is 4.76. The van der Waals surface area contributed by atoms with Gasteiger partial charge in [0, 0.05) is 24.9 Å². The molecule has 1 amide bonds. The maximum atomic E-state index is 12.4. The normalized spacial score (nSPS) is 16.5. The number of hydrogen-bond acceptors (Lipinski definition) is 4. The second-order valence-electron chi connectivity index (χ2n) is 5.52. The van der Waals surface area contributed by atoms with Crippen LogP contribution in [0.4, 0.5) is 0 Å². The third kappa shape index (κ3) is 4.30. The van der Waals surface area contributed by atoms with Crippen molar-refractivity contribution in [2.24, 2.45) is 5.92 Å². The van der Waals surface area contributed by atoms with E-state index >= 15 is 0 Å². The van der Waals surface area contributed by atoms with Gasteiger partial charge in [-0.1, -0.05) is 6.07 Å². The lowest BCUT2D eigenvalue weighted by Gasteiger charge is -2.31. The van der Waals surface area contributed by atoms with Crippen molar-refractivity contribution in [3.63, 3.8) is 0 Å². The molecule has 112 valence electrons. The SMILES string of the molecule is CS(=O)(=O)CC1CCN(C(=O)c2cccc(C#N)c2)CC1. The zero-order valence-electron chi connectivity index (χ0n) is 11.9. The number of rotatable bonds is 3. The number of hydrogen-bond donors (Lipinski definition) is 0. The van der Waals surface area contributed by atoms with E-state index in [9.17, 15) is 13.2 Å². The van der Waals surface area contributed by atoms with Gasteiger partial charge in [-0.05, 0) is 37.0 Å². The maximum absolute atomic E-state index is 12.4. The number of benzene rings is 1. The first-order valence-electron chi connectivity index (χ1n) is 6.86. The second kappa shape index (κ2) is 6.27. The molecule has 0 atom stereocenters. The Bertz CT molecular complexity index is 668. The van der Waals surface area contributed by atoms with E-state index in [1.54, 1.807) is 29.2 Å². The molecule has 0 aromatic heterocycles. The highest BCUT2D eigenvalue weighted by Crippen LogP contribution is 2.20. The molecule has 1 heterocycles. The van der Waals surface area contributed by atoms with Crippen LogP contribution in [-0.2, 0) is 9.84 Å². The Hall–Kier alpha value is -1.87. The van der Waals surface area contributed by atoms with E-state index in [1.807, 2.05) is 6.07 Å². The molecule has 2 rings (SSSR count). The molecule has 6 heteroatoms. The lowest BCUT2D eigenvalue weighted by atomic mass is 9.98. The summed E-state index contributed by atoms with van der Waals surface area (Å²) in [7, 11) is -2.96. The average molecular weight is 306 g/mol. The molecule has 1 aromatic rings. The molecule has 0 bridgehead atoms. The molecule has 1 fully saturated rings. The molecule has 0 aliphatic carbocycles. The number of nitriles is 1. The van der Waals surface area contributed by atoms with Gasteiger partial charge >= 0.3 is 0 Å². The summed E-state index contributed by atoms with van der Waals surface area (Å²) in [5, 5.41) is 8.87. The van der Waals surface area contributed by atoms with E-state index in [0.717, 1.165) is 0 Å². The van der Waals surface area contributed by atoms with Crippen LogP contribution >= 0.6 is 0 Å². The van der Waals surface area contributed by atoms with Crippen molar-refractivity contribution in [3.05, 3.63) is 35.4 Å². The molecule has 1 aliphatic heterocycles. The van der Waals surface area contributed by atoms with Crippen LogP contribution in [0.15, 0.2) is 24.3 Å². The van der Waals surface area contributed by atoms with Crippen LogP contribution < -0.4 is 0 Å². The molecule has 1 saturated heterocycles. The molecule has 0 unspecified atom stereocenters. The van der Waals surface area contributed by atoms with Gasteiger partial charge in [-0.3, -0.25) is 4.79 Å². The minimum Gasteiger partial charge on any atom is -0.339 e. The highest BCUT2D eigenvalue weighted by atomic mass is 32.2. The van der Waals surface area contributed by atoms with Gasteiger partial charge in [0.05, 0.1) is 17.4 Å². The maximum Gasteiger partial charge on any atom is 0.253 e. The number of carbonyl (C=O) groups excluding carboxylic acids is 1. The van der Waals surface area contributed by atoms with Gasteiger partial charge in [0.1, 0.15) is 9.84 Å².